The minimum atomic E-state index is -0.568. The van der Waals surface area contributed by atoms with E-state index in [1.807, 2.05) is 38.0 Å². The normalized spacial score (nSPS) is 18.3. The van der Waals surface area contributed by atoms with Crippen molar-refractivity contribution in [3.63, 3.8) is 0 Å². The third kappa shape index (κ3) is 5.28. The summed E-state index contributed by atoms with van der Waals surface area (Å²) in [7, 11) is 0. The van der Waals surface area contributed by atoms with Crippen molar-refractivity contribution in [2.45, 2.75) is 70.1 Å². The maximum atomic E-state index is 12.3. The van der Waals surface area contributed by atoms with Gasteiger partial charge in [-0.1, -0.05) is 13.8 Å². The van der Waals surface area contributed by atoms with Crippen molar-refractivity contribution in [2.75, 3.05) is 18.2 Å². The molecule has 5 rings (SSSR count). The number of carbonyl (C=O) groups is 1. The summed E-state index contributed by atoms with van der Waals surface area (Å²) in [6.07, 6.45) is 10.0. The smallest absolute Gasteiger partial charge is 0.340 e. The van der Waals surface area contributed by atoms with E-state index in [0.29, 0.717) is 53.2 Å². The van der Waals surface area contributed by atoms with Gasteiger partial charge in [0.1, 0.15) is 17.2 Å². The SMILES string of the molecule is CSC(C)CCOc1ncc(C(C)C2CC2)c2cc(Nc3ccc4c(n3)CC(C)(C)OC4=O)ncc12. The Kier molecular flexibility index (Phi) is 6.81. The number of thioether (sulfide) groups is 1. The van der Waals surface area contributed by atoms with Crippen LogP contribution in [0, 0.1) is 5.92 Å². The Morgan fingerprint density at radius 1 is 1.17 bits per heavy atom. The van der Waals surface area contributed by atoms with Crippen molar-refractivity contribution in [2.24, 2.45) is 5.92 Å². The molecule has 36 heavy (non-hydrogen) atoms. The topological polar surface area (TPSA) is 86.2 Å². The summed E-state index contributed by atoms with van der Waals surface area (Å²) in [5, 5.41) is 5.93. The number of cyclic esters (lactones) is 1. The molecule has 0 bridgehead atoms. The van der Waals surface area contributed by atoms with E-state index in [2.05, 4.69) is 36.5 Å². The first kappa shape index (κ1) is 24.8. The number of aromatic nitrogens is 3. The first-order valence-corrected chi connectivity index (χ1v) is 14.0. The Bertz CT molecular complexity index is 1290. The number of anilines is 2. The summed E-state index contributed by atoms with van der Waals surface area (Å²) in [5.74, 6) is 2.80. The first-order chi connectivity index (χ1) is 17.2. The number of rotatable bonds is 9. The summed E-state index contributed by atoms with van der Waals surface area (Å²) in [5.41, 5.74) is 1.92. The Morgan fingerprint density at radius 3 is 2.72 bits per heavy atom. The number of fused-ring (bicyclic) bond motifs is 2. The maximum absolute atomic E-state index is 12.3. The summed E-state index contributed by atoms with van der Waals surface area (Å²) in [4.78, 5) is 26.4. The van der Waals surface area contributed by atoms with Crippen LogP contribution in [0.1, 0.15) is 74.5 Å². The molecular formula is C28H34N4O3S. The number of carbonyl (C=O) groups excluding carboxylic acids is 1. The van der Waals surface area contributed by atoms with E-state index in [-0.39, 0.29) is 5.97 Å². The molecule has 4 heterocycles. The molecule has 2 unspecified atom stereocenters. The number of hydrogen-bond donors (Lipinski definition) is 1. The van der Waals surface area contributed by atoms with E-state index in [9.17, 15) is 4.79 Å². The minimum absolute atomic E-state index is 0.324. The van der Waals surface area contributed by atoms with E-state index in [1.165, 1.54) is 18.4 Å². The molecule has 3 aromatic heterocycles. The van der Waals surface area contributed by atoms with E-state index in [0.717, 1.165) is 22.9 Å². The zero-order valence-electron chi connectivity index (χ0n) is 21.6. The standard InChI is InChI=1S/C28H34N4O3S/c1-16(36-5)10-11-34-26-22-15-29-25(12-20(22)21(14-30-26)17(2)18-6-7-18)32-24-9-8-19-23(31-24)13-28(3,4)35-27(19)33/h8-9,12,14-18H,6-7,10-11,13H2,1-5H3,(H,29,31,32). The molecule has 1 aliphatic carbocycles. The van der Waals surface area contributed by atoms with Crippen LogP contribution in [0.2, 0.25) is 0 Å². The molecule has 2 aliphatic rings. The molecule has 0 spiro atoms. The van der Waals surface area contributed by atoms with Crippen molar-refractivity contribution in [1.82, 2.24) is 15.0 Å². The first-order valence-electron chi connectivity index (χ1n) is 12.7. The lowest BCUT2D eigenvalue weighted by molar-refractivity contribution is -0.00714. The molecule has 1 fully saturated rings. The van der Waals surface area contributed by atoms with Gasteiger partial charge in [0.05, 0.1) is 23.3 Å². The number of ether oxygens (including phenoxy) is 2. The highest BCUT2D eigenvalue weighted by Gasteiger charge is 2.33. The van der Waals surface area contributed by atoms with Crippen LogP contribution in [0.5, 0.6) is 5.88 Å². The Hall–Kier alpha value is -2.87. The molecule has 0 radical (unpaired) electrons. The molecule has 1 aliphatic heterocycles. The largest absolute Gasteiger partial charge is 0.477 e. The highest BCUT2D eigenvalue weighted by molar-refractivity contribution is 7.99. The fourth-order valence-corrected chi connectivity index (χ4v) is 5.07. The quantitative estimate of drug-likeness (QED) is 0.339. The predicted molar refractivity (Wildman–Crippen MR) is 144 cm³/mol. The molecule has 0 saturated heterocycles. The van der Waals surface area contributed by atoms with Gasteiger partial charge in [0.25, 0.3) is 0 Å². The fourth-order valence-electron chi connectivity index (χ4n) is 4.74. The van der Waals surface area contributed by atoms with E-state index >= 15 is 0 Å². The second-order valence-electron chi connectivity index (χ2n) is 10.6. The van der Waals surface area contributed by atoms with Gasteiger partial charge in [-0.2, -0.15) is 11.8 Å². The summed E-state index contributed by atoms with van der Waals surface area (Å²) in [6.45, 7) is 8.92. The van der Waals surface area contributed by atoms with E-state index in [1.54, 1.807) is 12.1 Å². The number of hydrogen-bond acceptors (Lipinski definition) is 8. The highest BCUT2D eigenvalue weighted by Crippen LogP contribution is 2.45. The van der Waals surface area contributed by atoms with Crippen LogP contribution in [0.3, 0.4) is 0 Å². The van der Waals surface area contributed by atoms with Crippen molar-refractivity contribution >= 4 is 40.1 Å². The number of nitrogens with one attached hydrogen (secondary N) is 1. The molecule has 1 N–H and O–H groups in total. The molecular weight excluding hydrogens is 472 g/mol. The lowest BCUT2D eigenvalue weighted by Gasteiger charge is -2.30. The van der Waals surface area contributed by atoms with Gasteiger partial charge >= 0.3 is 5.97 Å². The number of esters is 1. The van der Waals surface area contributed by atoms with Gasteiger partial charge in [0, 0.05) is 24.1 Å². The molecule has 0 amide bonds. The van der Waals surface area contributed by atoms with Crippen molar-refractivity contribution < 1.29 is 14.3 Å². The van der Waals surface area contributed by atoms with Crippen LogP contribution in [0.15, 0.2) is 30.6 Å². The monoisotopic (exact) mass is 506 g/mol. The van der Waals surface area contributed by atoms with Crippen LogP contribution in [-0.2, 0) is 11.2 Å². The average molecular weight is 507 g/mol. The number of pyridine rings is 3. The molecule has 3 aromatic rings. The Balaban J connectivity index is 1.45. The van der Waals surface area contributed by atoms with Gasteiger partial charge in [0.2, 0.25) is 5.88 Å². The summed E-state index contributed by atoms with van der Waals surface area (Å²) < 4.78 is 11.6. The van der Waals surface area contributed by atoms with Crippen LogP contribution in [0.4, 0.5) is 11.6 Å². The molecule has 1 saturated carbocycles. The Morgan fingerprint density at radius 2 is 1.97 bits per heavy atom. The van der Waals surface area contributed by atoms with Crippen molar-refractivity contribution in [3.8, 4) is 5.88 Å². The Labute approximate surface area is 216 Å². The lowest BCUT2D eigenvalue weighted by atomic mass is 9.94. The van der Waals surface area contributed by atoms with Gasteiger partial charge < -0.3 is 14.8 Å². The molecule has 190 valence electrons. The summed E-state index contributed by atoms with van der Waals surface area (Å²) in [6, 6.07) is 5.64. The van der Waals surface area contributed by atoms with Gasteiger partial charge in [-0.25, -0.2) is 19.7 Å². The lowest BCUT2D eigenvalue weighted by Crippen LogP contribution is -2.36. The highest BCUT2D eigenvalue weighted by atomic mass is 32.2. The van der Waals surface area contributed by atoms with Gasteiger partial charge in [-0.15, -0.1) is 0 Å². The third-order valence-corrected chi connectivity index (χ3v) is 8.20. The molecule has 7 nitrogen and oxygen atoms in total. The van der Waals surface area contributed by atoms with Crippen molar-refractivity contribution in [3.05, 3.63) is 47.4 Å². The van der Waals surface area contributed by atoms with Gasteiger partial charge in [0.15, 0.2) is 0 Å². The molecule has 8 heteroatoms. The minimum Gasteiger partial charge on any atom is -0.477 e. The molecule has 2 atom stereocenters. The second-order valence-corrected chi connectivity index (χ2v) is 11.9. The predicted octanol–water partition coefficient (Wildman–Crippen LogP) is 6.29. The van der Waals surface area contributed by atoms with Crippen LogP contribution in [-0.4, -0.2) is 44.6 Å². The fraction of sp³-hybridized carbons (Fsp3) is 0.500. The van der Waals surface area contributed by atoms with Gasteiger partial charge in [-0.05, 0) is 80.4 Å². The zero-order chi connectivity index (χ0) is 25.4. The maximum Gasteiger partial charge on any atom is 0.340 e. The third-order valence-electron chi connectivity index (χ3n) is 7.16. The van der Waals surface area contributed by atoms with E-state index < -0.39 is 5.60 Å². The van der Waals surface area contributed by atoms with Crippen LogP contribution >= 0.6 is 11.8 Å². The summed E-state index contributed by atoms with van der Waals surface area (Å²) >= 11 is 1.84. The van der Waals surface area contributed by atoms with Crippen LogP contribution in [0.25, 0.3) is 10.8 Å². The second kappa shape index (κ2) is 9.88. The van der Waals surface area contributed by atoms with E-state index in [4.69, 9.17) is 19.4 Å². The average Bonchev–Trinajstić information content (AvgIpc) is 3.68. The number of nitrogens with zero attached hydrogens (tertiary/aromatic N) is 3. The van der Waals surface area contributed by atoms with Crippen molar-refractivity contribution in [1.29, 1.82) is 0 Å². The zero-order valence-corrected chi connectivity index (χ0v) is 22.4. The molecule has 0 aromatic carbocycles. The van der Waals surface area contributed by atoms with Gasteiger partial charge in [-0.3, -0.25) is 0 Å². The van der Waals surface area contributed by atoms with Crippen LogP contribution < -0.4 is 10.1 Å².